The molecule has 1 aromatic heterocycles. The van der Waals surface area contributed by atoms with E-state index in [4.69, 9.17) is 9.47 Å². The van der Waals surface area contributed by atoms with Crippen molar-refractivity contribution in [1.82, 2.24) is 13.8 Å². The number of aromatic nitrogens is 1. The number of carbonyl (C=O) groups excluding carboxylic acids is 2. The lowest BCUT2D eigenvalue weighted by Gasteiger charge is -2.35. The smallest absolute Gasteiger partial charge is 0.410 e. The van der Waals surface area contributed by atoms with Crippen LogP contribution in [-0.4, -0.2) is 72.6 Å². The molecule has 0 aliphatic carbocycles. The van der Waals surface area contributed by atoms with Crippen molar-refractivity contribution < 1.29 is 27.5 Å². The molecule has 37 heavy (non-hydrogen) atoms. The van der Waals surface area contributed by atoms with E-state index < -0.39 is 21.6 Å². The SMILES string of the molecule is CCOC(=O)c1cc2cc(CN3CCN(C(=O)OC(C)(C)C)CC3)ccc2n1S(=O)(=O)c1ccccc1. The normalized spacial score (nSPS) is 15.1. The van der Waals surface area contributed by atoms with Gasteiger partial charge in [0.2, 0.25) is 0 Å². The second-order valence-corrected chi connectivity index (χ2v) is 11.8. The Morgan fingerprint density at radius 1 is 0.946 bits per heavy atom. The summed E-state index contributed by atoms with van der Waals surface area (Å²) >= 11 is 0. The number of carbonyl (C=O) groups is 2. The van der Waals surface area contributed by atoms with Gasteiger partial charge >= 0.3 is 12.1 Å². The topological polar surface area (TPSA) is 98.1 Å². The molecule has 0 unspecified atom stereocenters. The van der Waals surface area contributed by atoms with Crippen molar-refractivity contribution in [2.24, 2.45) is 0 Å². The Morgan fingerprint density at radius 2 is 1.62 bits per heavy atom. The molecule has 1 amide bonds. The van der Waals surface area contributed by atoms with Crippen LogP contribution < -0.4 is 0 Å². The van der Waals surface area contributed by atoms with E-state index in [1.54, 1.807) is 42.2 Å². The number of ether oxygens (including phenoxy) is 2. The molecule has 1 aliphatic heterocycles. The molecule has 3 aromatic rings. The predicted octanol–water partition coefficient (Wildman–Crippen LogP) is 4.11. The van der Waals surface area contributed by atoms with Gasteiger partial charge in [0.05, 0.1) is 17.0 Å². The molecule has 1 fully saturated rings. The van der Waals surface area contributed by atoms with Gasteiger partial charge in [0.25, 0.3) is 10.0 Å². The van der Waals surface area contributed by atoms with E-state index in [9.17, 15) is 18.0 Å². The highest BCUT2D eigenvalue weighted by atomic mass is 32.2. The van der Waals surface area contributed by atoms with Crippen molar-refractivity contribution in [2.45, 2.75) is 44.7 Å². The molecule has 1 saturated heterocycles. The third kappa shape index (κ3) is 5.97. The van der Waals surface area contributed by atoms with Gasteiger partial charge in [-0.15, -0.1) is 0 Å². The van der Waals surface area contributed by atoms with Crippen LogP contribution in [0.15, 0.2) is 59.5 Å². The van der Waals surface area contributed by atoms with Crippen molar-refractivity contribution in [1.29, 1.82) is 0 Å². The molecule has 2 aromatic carbocycles. The zero-order valence-corrected chi connectivity index (χ0v) is 22.5. The van der Waals surface area contributed by atoms with Gasteiger partial charge in [-0.25, -0.2) is 22.0 Å². The van der Waals surface area contributed by atoms with E-state index in [0.29, 0.717) is 43.6 Å². The maximum atomic E-state index is 13.5. The standard InChI is InChI=1S/C27H33N3O6S/c1-5-35-25(31)24-18-21-17-20(19-28-13-15-29(16-14-28)26(32)36-27(2,3)4)11-12-23(21)30(24)37(33,34)22-9-7-6-8-10-22/h6-12,17-18H,5,13-16,19H2,1-4H3. The predicted molar refractivity (Wildman–Crippen MR) is 140 cm³/mol. The minimum atomic E-state index is -4.03. The molecule has 0 radical (unpaired) electrons. The van der Waals surface area contributed by atoms with Crippen molar-refractivity contribution in [2.75, 3.05) is 32.8 Å². The second-order valence-electron chi connectivity index (χ2n) is 9.97. The Kier molecular flexibility index (Phi) is 7.61. The Labute approximate surface area is 217 Å². The zero-order chi connectivity index (χ0) is 26.8. The summed E-state index contributed by atoms with van der Waals surface area (Å²) in [6.07, 6.45) is -0.305. The highest BCUT2D eigenvalue weighted by molar-refractivity contribution is 7.90. The van der Waals surface area contributed by atoms with Crippen LogP contribution in [0.3, 0.4) is 0 Å². The maximum absolute atomic E-state index is 13.5. The summed E-state index contributed by atoms with van der Waals surface area (Å²) in [5, 5.41) is 0.632. The number of hydrogen-bond acceptors (Lipinski definition) is 7. The summed E-state index contributed by atoms with van der Waals surface area (Å²) < 4.78 is 38.7. The van der Waals surface area contributed by atoms with Gasteiger partial charge in [-0.05, 0) is 63.6 Å². The highest BCUT2D eigenvalue weighted by Gasteiger charge is 2.28. The fourth-order valence-electron chi connectivity index (χ4n) is 4.32. The van der Waals surface area contributed by atoms with Crippen LogP contribution in [-0.2, 0) is 26.0 Å². The second kappa shape index (κ2) is 10.5. The first-order chi connectivity index (χ1) is 17.5. The minimum Gasteiger partial charge on any atom is -0.461 e. The van der Waals surface area contributed by atoms with E-state index >= 15 is 0 Å². The van der Waals surface area contributed by atoms with Crippen LogP contribution in [0.1, 0.15) is 43.7 Å². The van der Waals surface area contributed by atoms with Gasteiger partial charge < -0.3 is 14.4 Å². The average Bonchev–Trinajstić information content (AvgIpc) is 3.24. The molecule has 0 spiro atoms. The Hall–Kier alpha value is -3.37. The fourth-order valence-corrected chi connectivity index (χ4v) is 5.84. The molecule has 9 nitrogen and oxygen atoms in total. The Balaban J connectivity index is 1.58. The van der Waals surface area contributed by atoms with Crippen LogP contribution in [0, 0.1) is 0 Å². The monoisotopic (exact) mass is 527 g/mol. The van der Waals surface area contributed by atoms with E-state index in [1.807, 2.05) is 32.9 Å². The number of rotatable bonds is 6. The van der Waals surface area contributed by atoms with Gasteiger partial charge in [0.1, 0.15) is 11.3 Å². The molecule has 4 rings (SSSR count). The van der Waals surface area contributed by atoms with Crippen molar-refractivity contribution in [3.05, 3.63) is 65.9 Å². The van der Waals surface area contributed by atoms with Crippen molar-refractivity contribution in [3.63, 3.8) is 0 Å². The van der Waals surface area contributed by atoms with Crippen LogP contribution in [0.25, 0.3) is 10.9 Å². The molecular weight excluding hydrogens is 494 g/mol. The third-order valence-corrected chi connectivity index (χ3v) is 7.76. The van der Waals surface area contributed by atoms with Crippen LogP contribution in [0.4, 0.5) is 4.79 Å². The van der Waals surface area contributed by atoms with Crippen molar-refractivity contribution in [3.8, 4) is 0 Å². The number of benzene rings is 2. The Morgan fingerprint density at radius 3 is 2.24 bits per heavy atom. The van der Waals surface area contributed by atoms with Gasteiger partial charge in [-0.1, -0.05) is 24.3 Å². The lowest BCUT2D eigenvalue weighted by atomic mass is 10.1. The summed E-state index contributed by atoms with van der Waals surface area (Å²) in [5.41, 5.74) is 0.813. The molecule has 2 heterocycles. The molecule has 0 N–H and O–H groups in total. The number of piperazine rings is 1. The number of amides is 1. The summed E-state index contributed by atoms with van der Waals surface area (Å²) in [6.45, 7) is 10.5. The highest BCUT2D eigenvalue weighted by Crippen LogP contribution is 2.28. The van der Waals surface area contributed by atoms with Crippen LogP contribution >= 0.6 is 0 Å². The molecule has 0 saturated carbocycles. The molecule has 0 bridgehead atoms. The summed E-state index contributed by atoms with van der Waals surface area (Å²) in [7, 11) is -4.03. The number of hydrogen-bond donors (Lipinski definition) is 0. The summed E-state index contributed by atoms with van der Waals surface area (Å²) in [6, 6.07) is 15.1. The first kappa shape index (κ1) is 26.7. The average molecular weight is 528 g/mol. The van der Waals surface area contributed by atoms with Gasteiger partial charge in [-0.3, -0.25) is 4.90 Å². The first-order valence-corrected chi connectivity index (χ1v) is 13.8. The van der Waals surface area contributed by atoms with E-state index in [2.05, 4.69) is 4.90 Å². The van der Waals surface area contributed by atoms with Gasteiger partial charge in [0.15, 0.2) is 0 Å². The van der Waals surface area contributed by atoms with Crippen LogP contribution in [0.2, 0.25) is 0 Å². The van der Waals surface area contributed by atoms with Crippen molar-refractivity contribution >= 4 is 33.0 Å². The lowest BCUT2D eigenvalue weighted by molar-refractivity contribution is 0.0139. The quantitative estimate of drug-likeness (QED) is 0.445. The molecular formula is C27H33N3O6S. The van der Waals surface area contributed by atoms with E-state index in [-0.39, 0.29) is 23.3 Å². The first-order valence-electron chi connectivity index (χ1n) is 12.3. The number of nitrogens with zero attached hydrogens (tertiary/aromatic N) is 3. The molecule has 10 heteroatoms. The third-order valence-electron chi connectivity index (χ3n) is 6.02. The van der Waals surface area contributed by atoms with Gasteiger partial charge in [-0.2, -0.15) is 0 Å². The van der Waals surface area contributed by atoms with E-state index in [0.717, 1.165) is 9.54 Å². The summed E-state index contributed by atoms with van der Waals surface area (Å²) in [4.78, 5) is 29.1. The Bertz CT molecular complexity index is 1380. The number of esters is 1. The molecule has 1 aliphatic rings. The van der Waals surface area contributed by atoms with E-state index in [1.165, 1.54) is 12.1 Å². The summed E-state index contributed by atoms with van der Waals surface area (Å²) in [5.74, 6) is -0.696. The zero-order valence-electron chi connectivity index (χ0n) is 21.6. The van der Waals surface area contributed by atoms with Crippen LogP contribution in [0.5, 0.6) is 0 Å². The lowest BCUT2D eigenvalue weighted by Crippen LogP contribution is -2.49. The fraction of sp³-hybridized carbons (Fsp3) is 0.407. The molecule has 0 atom stereocenters. The molecule has 198 valence electrons. The minimum absolute atomic E-state index is 0.0381. The van der Waals surface area contributed by atoms with Gasteiger partial charge in [0, 0.05) is 38.1 Å². The maximum Gasteiger partial charge on any atom is 0.410 e. The largest absolute Gasteiger partial charge is 0.461 e. The number of fused-ring (bicyclic) bond motifs is 1.